The Labute approximate surface area is 133 Å². The number of piperazine rings is 1. The number of thioether (sulfide) groups is 1. The molecule has 122 valence electrons. The van der Waals surface area contributed by atoms with Crippen LogP contribution in [0.2, 0.25) is 0 Å². The maximum Gasteiger partial charge on any atom is 0.446 e. The molecule has 0 aliphatic carbocycles. The van der Waals surface area contributed by atoms with Crippen LogP contribution in [-0.2, 0) is 0 Å². The second-order valence-electron chi connectivity index (χ2n) is 5.28. The van der Waals surface area contributed by atoms with Gasteiger partial charge in [0.1, 0.15) is 0 Å². The summed E-state index contributed by atoms with van der Waals surface area (Å²) in [6.45, 7) is 7.59. The largest absolute Gasteiger partial charge is 0.446 e. The second kappa shape index (κ2) is 8.04. The molecule has 1 aliphatic heterocycles. The average molecular weight is 330 g/mol. The van der Waals surface area contributed by atoms with Gasteiger partial charge in [0.05, 0.1) is 0 Å². The highest BCUT2D eigenvalue weighted by atomic mass is 32.2. The first kappa shape index (κ1) is 17.4. The van der Waals surface area contributed by atoms with Crippen LogP contribution >= 0.6 is 11.8 Å². The average Bonchev–Trinajstić information content (AvgIpc) is 2.49. The molecule has 1 heterocycles. The number of rotatable bonds is 6. The van der Waals surface area contributed by atoms with E-state index < -0.39 is 5.51 Å². The molecule has 6 heteroatoms. The molecule has 1 atom stereocenters. The van der Waals surface area contributed by atoms with Crippen molar-refractivity contribution < 1.29 is 13.2 Å². The summed E-state index contributed by atoms with van der Waals surface area (Å²) in [4.78, 5) is 2.63. The molecule has 0 amide bonds. The van der Waals surface area contributed by atoms with Crippen LogP contribution in [0.5, 0.6) is 0 Å². The Hall–Kier alpha value is -0.980. The predicted molar refractivity (Wildman–Crippen MR) is 85.0 cm³/mol. The molecule has 22 heavy (non-hydrogen) atoms. The van der Waals surface area contributed by atoms with Gasteiger partial charge in [0.25, 0.3) is 0 Å². The molecule has 1 aliphatic rings. The lowest BCUT2D eigenvalue weighted by atomic mass is 9.99. The first-order chi connectivity index (χ1) is 10.5. The lowest BCUT2D eigenvalue weighted by molar-refractivity contribution is -0.0328. The third-order valence-corrected chi connectivity index (χ3v) is 4.47. The fourth-order valence-electron chi connectivity index (χ4n) is 2.72. The van der Waals surface area contributed by atoms with Crippen molar-refractivity contribution in [2.24, 2.45) is 0 Å². The molecule has 0 aromatic heterocycles. The Kier molecular flexibility index (Phi) is 6.35. The van der Waals surface area contributed by atoms with E-state index in [1.165, 1.54) is 0 Å². The van der Waals surface area contributed by atoms with E-state index in [9.17, 15) is 13.2 Å². The molecule has 1 N–H and O–H groups in total. The van der Waals surface area contributed by atoms with Crippen LogP contribution in [0.15, 0.2) is 41.8 Å². The Balaban J connectivity index is 2.10. The van der Waals surface area contributed by atoms with Gasteiger partial charge < -0.3 is 5.32 Å². The number of nitrogens with zero attached hydrogens (tertiary/aromatic N) is 1. The number of hydrogen-bond acceptors (Lipinski definition) is 3. The van der Waals surface area contributed by atoms with Gasteiger partial charge >= 0.3 is 5.51 Å². The second-order valence-corrected chi connectivity index (χ2v) is 6.42. The number of halogens is 3. The monoisotopic (exact) mass is 330 g/mol. The molecule has 1 aromatic rings. The molecule has 0 saturated carbocycles. The summed E-state index contributed by atoms with van der Waals surface area (Å²) in [7, 11) is 0. The molecule has 0 radical (unpaired) electrons. The molecule has 1 saturated heterocycles. The summed E-state index contributed by atoms with van der Waals surface area (Å²) < 4.78 is 37.2. The van der Waals surface area contributed by atoms with Crippen molar-refractivity contribution in [1.82, 2.24) is 10.2 Å². The summed E-state index contributed by atoms with van der Waals surface area (Å²) in [5.74, 6) is 0. The van der Waals surface area contributed by atoms with Crippen molar-refractivity contribution in [2.45, 2.75) is 29.3 Å². The minimum atomic E-state index is -4.23. The highest BCUT2D eigenvalue weighted by Crippen LogP contribution is 2.37. The number of benzene rings is 1. The zero-order valence-corrected chi connectivity index (χ0v) is 13.2. The van der Waals surface area contributed by atoms with Gasteiger partial charge in [0, 0.05) is 37.1 Å². The summed E-state index contributed by atoms with van der Waals surface area (Å²) in [6, 6.07) is 7.02. The third kappa shape index (κ3) is 5.34. The van der Waals surface area contributed by atoms with Crippen LogP contribution in [0.4, 0.5) is 13.2 Å². The molecular weight excluding hydrogens is 309 g/mol. The van der Waals surface area contributed by atoms with Crippen LogP contribution in [-0.4, -0.2) is 36.6 Å². The highest BCUT2D eigenvalue weighted by molar-refractivity contribution is 8.00. The van der Waals surface area contributed by atoms with E-state index in [-0.39, 0.29) is 22.7 Å². The zero-order chi connectivity index (χ0) is 16.0. The Morgan fingerprint density at radius 1 is 1.23 bits per heavy atom. The van der Waals surface area contributed by atoms with Gasteiger partial charge in [-0.15, -0.1) is 6.58 Å². The van der Waals surface area contributed by atoms with Crippen LogP contribution in [0.25, 0.3) is 0 Å². The minimum absolute atomic E-state index is 0.0652. The summed E-state index contributed by atoms with van der Waals surface area (Å²) in [5, 5.41) is 3.32. The summed E-state index contributed by atoms with van der Waals surface area (Å²) in [6.07, 6.45) is 3.73. The van der Waals surface area contributed by atoms with Crippen molar-refractivity contribution in [1.29, 1.82) is 0 Å². The van der Waals surface area contributed by atoms with E-state index in [0.717, 1.165) is 44.6 Å². The van der Waals surface area contributed by atoms with E-state index in [0.29, 0.717) is 0 Å². The van der Waals surface area contributed by atoms with Gasteiger partial charge in [-0.1, -0.05) is 18.2 Å². The number of hydrogen-bond donors (Lipinski definition) is 1. The third-order valence-electron chi connectivity index (χ3n) is 3.74. The summed E-state index contributed by atoms with van der Waals surface area (Å²) in [5.41, 5.74) is -3.15. The molecule has 2 nitrogen and oxygen atoms in total. The van der Waals surface area contributed by atoms with Crippen molar-refractivity contribution in [3.63, 3.8) is 0 Å². The van der Waals surface area contributed by atoms with E-state index in [4.69, 9.17) is 0 Å². The standard InChI is InChI=1S/C16H21F3N2S/c1-2-3-4-15(21-11-9-20-10-12-21)13-5-7-14(8-6-13)22-16(17,18)19/h2,5-8,15,20H,1,3-4,9-12H2/t15-/m0/s1. The quantitative estimate of drug-likeness (QED) is 0.621. The Morgan fingerprint density at radius 2 is 1.86 bits per heavy atom. The molecule has 1 aromatic carbocycles. The first-order valence-corrected chi connectivity index (χ1v) is 8.22. The predicted octanol–water partition coefficient (Wildman–Crippen LogP) is 4.21. The SMILES string of the molecule is C=CCC[C@@H](c1ccc(SC(F)(F)F)cc1)N1CCNCC1. The van der Waals surface area contributed by atoms with E-state index in [1.807, 2.05) is 18.2 Å². The minimum Gasteiger partial charge on any atom is -0.314 e. The van der Waals surface area contributed by atoms with Gasteiger partial charge in [-0.05, 0) is 42.3 Å². The molecule has 0 bridgehead atoms. The molecule has 1 fully saturated rings. The van der Waals surface area contributed by atoms with Gasteiger partial charge in [-0.2, -0.15) is 13.2 Å². The maximum absolute atomic E-state index is 12.4. The van der Waals surface area contributed by atoms with Crippen molar-refractivity contribution in [2.75, 3.05) is 26.2 Å². The first-order valence-electron chi connectivity index (χ1n) is 7.41. The van der Waals surface area contributed by atoms with Crippen LogP contribution in [0.1, 0.15) is 24.4 Å². The Bertz CT molecular complexity index is 467. The van der Waals surface area contributed by atoms with Crippen molar-refractivity contribution in [3.05, 3.63) is 42.5 Å². The van der Waals surface area contributed by atoms with Crippen LogP contribution < -0.4 is 5.32 Å². The molecule has 2 rings (SSSR count). The van der Waals surface area contributed by atoms with E-state index in [1.54, 1.807) is 12.1 Å². The molecule has 0 spiro atoms. The Morgan fingerprint density at radius 3 is 2.41 bits per heavy atom. The van der Waals surface area contributed by atoms with Crippen LogP contribution in [0.3, 0.4) is 0 Å². The highest BCUT2D eigenvalue weighted by Gasteiger charge is 2.29. The van der Waals surface area contributed by atoms with Gasteiger partial charge in [-0.25, -0.2) is 0 Å². The number of allylic oxidation sites excluding steroid dienone is 1. The lowest BCUT2D eigenvalue weighted by Gasteiger charge is -2.35. The number of nitrogens with one attached hydrogen (secondary N) is 1. The molecule has 0 unspecified atom stereocenters. The maximum atomic E-state index is 12.4. The fraction of sp³-hybridized carbons (Fsp3) is 0.500. The van der Waals surface area contributed by atoms with E-state index >= 15 is 0 Å². The van der Waals surface area contributed by atoms with Crippen molar-refractivity contribution >= 4 is 11.8 Å². The zero-order valence-electron chi connectivity index (χ0n) is 12.4. The number of alkyl halides is 3. The fourth-order valence-corrected chi connectivity index (χ4v) is 3.26. The molecular formula is C16H21F3N2S. The lowest BCUT2D eigenvalue weighted by Crippen LogP contribution is -2.45. The van der Waals surface area contributed by atoms with Gasteiger partial charge in [-0.3, -0.25) is 4.90 Å². The van der Waals surface area contributed by atoms with Gasteiger partial charge in [0.2, 0.25) is 0 Å². The van der Waals surface area contributed by atoms with Gasteiger partial charge in [0.15, 0.2) is 0 Å². The normalized spacial score (nSPS) is 18.1. The topological polar surface area (TPSA) is 15.3 Å². The van der Waals surface area contributed by atoms with Crippen LogP contribution in [0, 0.1) is 0 Å². The van der Waals surface area contributed by atoms with E-state index in [2.05, 4.69) is 16.8 Å². The van der Waals surface area contributed by atoms with Crippen molar-refractivity contribution in [3.8, 4) is 0 Å². The smallest absolute Gasteiger partial charge is 0.314 e. The summed E-state index contributed by atoms with van der Waals surface area (Å²) >= 11 is -0.0652.